The Labute approximate surface area is 386 Å². The number of rotatable bonds is 25. The maximum Gasteiger partial charge on any atom is 0.331 e. The highest BCUT2D eigenvalue weighted by Crippen LogP contribution is 2.36. The maximum atomic E-state index is 12.0. The molecule has 2 unspecified atom stereocenters. The molecule has 0 saturated carbocycles. The smallest absolute Gasteiger partial charge is 0.331 e. The second-order valence-electron chi connectivity index (χ2n) is 17.6. The summed E-state index contributed by atoms with van der Waals surface area (Å²) in [6.45, 7) is 13.0. The molecule has 66 heavy (non-hydrogen) atoms. The van der Waals surface area contributed by atoms with Crippen LogP contribution in [0, 0.1) is 32.1 Å². The van der Waals surface area contributed by atoms with E-state index in [1.54, 1.807) is 24.3 Å². The number of hydrogen-bond donors (Lipinski definition) is 0. The molecule has 4 aromatic carbocycles. The van der Waals surface area contributed by atoms with E-state index in [-0.39, 0.29) is 21.2 Å². The molecule has 0 amide bonds. The zero-order chi connectivity index (χ0) is 47.3. The first-order valence-corrected chi connectivity index (χ1v) is 23.8. The lowest BCUT2D eigenvalue weighted by molar-refractivity contribution is -0.384. The van der Waals surface area contributed by atoms with Crippen molar-refractivity contribution >= 4 is 78.3 Å². The Bertz CT molecular complexity index is 2580. The third kappa shape index (κ3) is 11.9. The van der Waals surface area contributed by atoms with E-state index in [2.05, 4.69) is 47.1 Å². The summed E-state index contributed by atoms with van der Waals surface area (Å²) in [7, 11) is 0. The number of oxime groups is 2. The lowest BCUT2D eigenvalue weighted by Gasteiger charge is -2.17. The Morgan fingerprint density at radius 2 is 0.909 bits per heavy atom. The predicted octanol–water partition coefficient (Wildman–Crippen LogP) is 13.7. The van der Waals surface area contributed by atoms with Crippen LogP contribution in [0.5, 0.6) is 0 Å². The molecule has 2 aromatic heterocycles. The van der Waals surface area contributed by atoms with Crippen molar-refractivity contribution < 1.29 is 29.1 Å². The van der Waals surface area contributed by atoms with E-state index in [4.69, 9.17) is 9.68 Å². The molecule has 0 fully saturated rings. The minimum Gasteiger partial charge on any atom is -0.340 e. The summed E-state index contributed by atoms with van der Waals surface area (Å²) in [6.07, 6.45) is 12.9. The van der Waals surface area contributed by atoms with Crippen molar-refractivity contribution in [1.82, 2.24) is 9.13 Å². The first-order valence-electron chi connectivity index (χ1n) is 23.8. The van der Waals surface area contributed by atoms with E-state index < -0.39 is 11.9 Å². The molecule has 350 valence electrons. The average molecular weight is 901 g/mol. The van der Waals surface area contributed by atoms with Crippen LogP contribution in [0.2, 0.25) is 0 Å². The number of benzene rings is 4. The molecule has 6 aromatic rings. The summed E-state index contributed by atoms with van der Waals surface area (Å²) >= 11 is 0. The topological polar surface area (TPSA) is 173 Å². The van der Waals surface area contributed by atoms with Crippen LogP contribution in [0.15, 0.2) is 83.1 Å². The molecule has 2 atom stereocenters. The first kappa shape index (κ1) is 49.0. The van der Waals surface area contributed by atoms with Crippen LogP contribution >= 0.6 is 0 Å². The number of carbonyl (C=O) groups is 2. The molecule has 0 saturated heterocycles. The van der Waals surface area contributed by atoms with Crippen LogP contribution in [-0.4, -0.2) is 42.3 Å². The molecule has 0 bridgehead atoms. The largest absolute Gasteiger partial charge is 0.340 e. The molecule has 0 N–H and O–H groups in total. The van der Waals surface area contributed by atoms with Gasteiger partial charge in [-0.3, -0.25) is 20.2 Å². The van der Waals surface area contributed by atoms with Crippen molar-refractivity contribution in [3.63, 3.8) is 0 Å². The summed E-state index contributed by atoms with van der Waals surface area (Å²) in [5.41, 5.74) is 6.67. The molecule has 2 heterocycles. The highest BCUT2D eigenvalue weighted by molar-refractivity contribution is 6.13. The predicted molar refractivity (Wildman–Crippen MR) is 263 cm³/mol. The number of aromatic nitrogens is 2. The van der Waals surface area contributed by atoms with Gasteiger partial charge < -0.3 is 18.8 Å². The maximum absolute atomic E-state index is 12.0. The minimum atomic E-state index is -0.531. The molecule has 14 heteroatoms. The molecular formula is C52H64N6O8. The Kier molecular flexibility index (Phi) is 17.2. The highest BCUT2D eigenvalue weighted by Gasteiger charge is 2.21. The summed E-state index contributed by atoms with van der Waals surface area (Å²) in [5.74, 6) is -0.136. The number of unbranched alkanes of at least 4 members (excludes halogenated alkanes) is 5. The van der Waals surface area contributed by atoms with E-state index >= 15 is 0 Å². The van der Waals surface area contributed by atoms with Gasteiger partial charge in [-0.05, 0) is 86.8 Å². The van der Waals surface area contributed by atoms with Crippen molar-refractivity contribution in [1.29, 1.82) is 0 Å². The number of fused-ring (bicyclic) bond motifs is 6. The monoisotopic (exact) mass is 900 g/mol. The molecule has 0 aliphatic carbocycles. The third-order valence-corrected chi connectivity index (χ3v) is 12.9. The molecule has 0 aliphatic heterocycles. The molecule has 14 nitrogen and oxygen atoms in total. The van der Waals surface area contributed by atoms with Gasteiger partial charge in [-0.25, -0.2) is 9.59 Å². The van der Waals surface area contributed by atoms with Crippen molar-refractivity contribution in [2.45, 2.75) is 145 Å². The summed E-state index contributed by atoms with van der Waals surface area (Å²) in [5, 5.41) is 35.7. The van der Waals surface area contributed by atoms with Crippen molar-refractivity contribution in [2.24, 2.45) is 22.1 Å². The van der Waals surface area contributed by atoms with Crippen LogP contribution in [0.25, 0.3) is 43.6 Å². The SMILES string of the molecule is CCCCC(CC)Cn1c2ccc(/C(CCCCCC/C(=N\OC(C)=O)c3ccc4c(c3)c3cc([N+](=O)[O-])ccc3n4CC(CC)CCCC)=N/OC(C)=O)cc2c2cc([N+](=O)[O-])ccc21. The second-order valence-corrected chi connectivity index (χ2v) is 17.6. The van der Waals surface area contributed by atoms with E-state index in [1.807, 2.05) is 48.5 Å². The number of nitro groups is 2. The van der Waals surface area contributed by atoms with Crippen LogP contribution in [0.3, 0.4) is 0 Å². The van der Waals surface area contributed by atoms with Gasteiger partial charge in [0.1, 0.15) is 0 Å². The lowest BCUT2D eigenvalue weighted by Crippen LogP contribution is -2.10. The van der Waals surface area contributed by atoms with Gasteiger partial charge in [0.15, 0.2) is 0 Å². The standard InChI is InChI=1S/C52H64N6O8/c1-7-11-17-37(9-3)33-55-49-25-21-39(29-43(49)45-31-41(57(61)62)23-27-51(45)55)47(53-65-35(5)59)19-15-13-14-16-20-48(54-66-36(6)60)40-22-26-50-44(30-40)46-32-42(58(63)64)24-28-52(46)56(50)34-38(10-4)18-12-8-2/h21-32,37-38H,7-20,33-34H2,1-6H3/b53-47+,54-48+. The van der Waals surface area contributed by atoms with Crippen LogP contribution in [0.4, 0.5) is 11.4 Å². The number of nitrogens with zero attached hydrogens (tertiary/aromatic N) is 6. The average Bonchev–Trinajstić information content (AvgIpc) is 3.78. The second kappa shape index (κ2) is 23.1. The highest BCUT2D eigenvalue weighted by atomic mass is 16.7. The van der Waals surface area contributed by atoms with Gasteiger partial charge in [-0.15, -0.1) is 0 Å². The lowest BCUT2D eigenvalue weighted by atomic mass is 9.98. The normalized spacial score (nSPS) is 13.2. The van der Waals surface area contributed by atoms with Crippen LogP contribution in [0.1, 0.15) is 143 Å². The zero-order valence-corrected chi connectivity index (χ0v) is 39.3. The summed E-state index contributed by atoms with van der Waals surface area (Å²) in [4.78, 5) is 57.4. The Balaban J connectivity index is 1.21. The third-order valence-electron chi connectivity index (χ3n) is 12.9. The Morgan fingerprint density at radius 1 is 0.545 bits per heavy atom. The van der Waals surface area contributed by atoms with Crippen molar-refractivity contribution in [2.75, 3.05) is 0 Å². The van der Waals surface area contributed by atoms with Crippen LogP contribution in [-0.2, 0) is 32.4 Å². The number of nitro benzene ring substituents is 2. The number of carbonyl (C=O) groups excluding carboxylic acids is 2. The Morgan fingerprint density at radius 3 is 1.24 bits per heavy atom. The van der Waals surface area contributed by atoms with Crippen molar-refractivity contribution in [3.05, 3.63) is 104 Å². The van der Waals surface area contributed by atoms with E-state index in [0.717, 1.165) is 145 Å². The van der Waals surface area contributed by atoms with Gasteiger partial charge in [0.2, 0.25) is 0 Å². The molecule has 0 radical (unpaired) electrons. The van der Waals surface area contributed by atoms with Crippen LogP contribution < -0.4 is 0 Å². The van der Waals surface area contributed by atoms with Gasteiger partial charge in [-0.2, -0.15) is 0 Å². The molecule has 0 aliphatic rings. The zero-order valence-electron chi connectivity index (χ0n) is 39.3. The summed E-state index contributed by atoms with van der Waals surface area (Å²) < 4.78 is 4.56. The van der Waals surface area contributed by atoms with Gasteiger partial charge in [0.05, 0.1) is 21.3 Å². The first-order chi connectivity index (χ1) is 31.9. The van der Waals surface area contributed by atoms with Gasteiger partial charge in [0.25, 0.3) is 11.4 Å². The van der Waals surface area contributed by atoms with Gasteiger partial charge >= 0.3 is 11.9 Å². The fourth-order valence-corrected chi connectivity index (χ4v) is 9.18. The summed E-state index contributed by atoms with van der Waals surface area (Å²) in [6, 6.07) is 22.2. The van der Waals surface area contributed by atoms with E-state index in [9.17, 15) is 29.8 Å². The van der Waals surface area contributed by atoms with Gasteiger partial charge in [0, 0.05) is 106 Å². The van der Waals surface area contributed by atoms with E-state index in [1.165, 1.54) is 13.8 Å². The quantitative estimate of drug-likeness (QED) is 0.0179. The fourth-order valence-electron chi connectivity index (χ4n) is 9.18. The minimum absolute atomic E-state index is 0.0255. The molecular weight excluding hydrogens is 837 g/mol. The number of non-ortho nitro benzene ring substituents is 2. The van der Waals surface area contributed by atoms with Gasteiger partial charge in [-0.1, -0.05) is 102 Å². The Hall–Kier alpha value is -6.44. The molecule has 0 spiro atoms. The molecule has 6 rings (SSSR count). The van der Waals surface area contributed by atoms with E-state index in [0.29, 0.717) is 36.1 Å². The fraction of sp³-hybridized carbons (Fsp3) is 0.462. The number of hydrogen-bond acceptors (Lipinski definition) is 10. The van der Waals surface area contributed by atoms with Crippen molar-refractivity contribution in [3.8, 4) is 0 Å².